The van der Waals surface area contributed by atoms with Gasteiger partial charge in [0.2, 0.25) is 0 Å². The summed E-state index contributed by atoms with van der Waals surface area (Å²) in [5, 5.41) is 12.2. The van der Waals surface area contributed by atoms with Crippen molar-refractivity contribution in [2.24, 2.45) is 0 Å². The maximum Gasteiger partial charge on any atom is 0.0610 e. The largest absolute Gasteiger partial charge is 0.395 e. The maximum atomic E-state index is 9.16. The number of nitrogens with zero attached hydrogens (tertiary/aromatic N) is 1. The minimum Gasteiger partial charge on any atom is -0.395 e. The SMILES string of the molecule is OCCn1c2ccccc2c2cc(Cl)ccc21. The average molecular weight is 246 g/mol. The van der Waals surface area contributed by atoms with Crippen molar-refractivity contribution in [2.75, 3.05) is 6.61 Å². The Labute approximate surface area is 104 Å². The van der Waals surface area contributed by atoms with Gasteiger partial charge in [-0.15, -0.1) is 0 Å². The van der Waals surface area contributed by atoms with Crippen LogP contribution in [0, 0.1) is 0 Å². The second-order valence-electron chi connectivity index (χ2n) is 4.05. The first-order valence-electron chi connectivity index (χ1n) is 5.58. The zero-order chi connectivity index (χ0) is 11.8. The van der Waals surface area contributed by atoms with Gasteiger partial charge in [0.1, 0.15) is 0 Å². The first-order valence-corrected chi connectivity index (χ1v) is 5.96. The number of aromatic nitrogens is 1. The molecule has 0 aliphatic heterocycles. The second-order valence-corrected chi connectivity index (χ2v) is 4.49. The molecule has 17 heavy (non-hydrogen) atoms. The van der Waals surface area contributed by atoms with Crippen LogP contribution in [-0.4, -0.2) is 16.3 Å². The van der Waals surface area contributed by atoms with Gasteiger partial charge in [-0.2, -0.15) is 0 Å². The van der Waals surface area contributed by atoms with E-state index in [1.54, 1.807) is 0 Å². The van der Waals surface area contributed by atoms with E-state index < -0.39 is 0 Å². The third-order valence-electron chi connectivity index (χ3n) is 3.06. The van der Waals surface area contributed by atoms with Crippen molar-refractivity contribution in [2.45, 2.75) is 6.54 Å². The molecule has 0 saturated heterocycles. The summed E-state index contributed by atoms with van der Waals surface area (Å²) < 4.78 is 2.13. The molecule has 3 heteroatoms. The predicted octanol–water partition coefficient (Wildman–Crippen LogP) is 3.44. The fraction of sp³-hybridized carbons (Fsp3) is 0.143. The number of fused-ring (bicyclic) bond motifs is 3. The Morgan fingerprint density at radius 3 is 2.59 bits per heavy atom. The Bertz CT molecular complexity index is 687. The van der Waals surface area contributed by atoms with Crippen LogP contribution < -0.4 is 0 Å². The summed E-state index contributed by atoms with van der Waals surface area (Å²) in [5.41, 5.74) is 2.25. The van der Waals surface area contributed by atoms with E-state index in [-0.39, 0.29) is 6.61 Å². The van der Waals surface area contributed by atoms with Gasteiger partial charge in [-0.25, -0.2) is 0 Å². The van der Waals surface area contributed by atoms with Gasteiger partial charge < -0.3 is 9.67 Å². The number of para-hydroxylation sites is 1. The number of halogens is 1. The van der Waals surface area contributed by atoms with E-state index in [0.717, 1.165) is 21.4 Å². The monoisotopic (exact) mass is 245 g/mol. The van der Waals surface area contributed by atoms with E-state index in [4.69, 9.17) is 16.7 Å². The summed E-state index contributed by atoms with van der Waals surface area (Å²) in [7, 11) is 0. The molecule has 0 unspecified atom stereocenters. The summed E-state index contributed by atoms with van der Waals surface area (Å²) in [6.45, 7) is 0.738. The molecule has 2 nitrogen and oxygen atoms in total. The van der Waals surface area contributed by atoms with Crippen molar-refractivity contribution in [1.29, 1.82) is 0 Å². The highest BCUT2D eigenvalue weighted by atomic mass is 35.5. The molecular formula is C14H12ClNO. The summed E-state index contributed by atoms with van der Waals surface area (Å²) >= 11 is 6.05. The summed E-state index contributed by atoms with van der Waals surface area (Å²) in [6, 6.07) is 14.1. The van der Waals surface area contributed by atoms with E-state index in [9.17, 15) is 0 Å². The zero-order valence-corrected chi connectivity index (χ0v) is 9.98. The molecule has 2 aromatic carbocycles. The number of rotatable bonds is 2. The van der Waals surface area contributed by atoms with Gasteiger partial charge in [-0.3, -0.25) is 0 Å². The number of benzene rings is 2. The first kappa shape index (κ1) is 10.6. The summed E-state index contributed by atoms with van der Waals surface area (Å²) in [5.74, 6) is 0. The van der Waals surface area contributed by atoms with Crippen LogP contribution >= 0.6 is 11.6 Å². The highest BCUT2D eigenvalue weighted by Gasteiger charge is 2.09. The predicted molar refractivity (Wildman–Crippen MR) is 71.5 cm³/mol. The van der Waals surface area contributed by atoms with E-state index in [1.165, 1.54) is 5.39 Å². The van der Waals surface area contributed by atoms with E-state index in [1.807, 2.05) is 30.3 Å². The van der Waals surface area contributed by atoms with Crippen LogP contribution in [0.15, 0.2) is 42.5 Å². The molecule has 1 aromatic heterocycles. The quantitative estimate of drug-likeness (QED) is 0.735. The molecule has 3 rings (SSSR count). The maximum absolute atomic E-state index is 9.16. The standard InChI is InChI=1S/C14H12ClNO/c15-10-5-6-14-12(9-10)11-3-1-2-4-13(11)16(14)7-8-17/h1-6,9,17H,7-8H2. The normalized spacial score (nSPS) is 11.4. The topological polar surface area (TPSA) is 25.2 Å². The van der Waals surface area contributed by atoms with Gasteiger partial charge in [0.25, 0.3) is 0 Å². The lowest BCUT2D eigenvalue weighted by atomic mass is 10.2. The minimum absolute atomic E-state index is 0.135. The highest BCUT2D eigenvalue weighted by molar-refractivity contribution is 6.31. The Kier molecular flexibility index (Phi) is 2.54. The lowest BCUT2D eigenvalue weighted by Gasteiger charge is -2.04. The average Bonchev–Trinajstić information content (AvgIpc) is 2.65. The van der Waals surface area contributed by atoms with Crippen molar-refractivity contribution in [3.05, 3.63) is 47.5 Å². The molecule has 0 aliphatic carbocycles. The van der Waals surface area contributed by atoms with Gasteiger partial charge in [0, 0.05) is 33.4 Å². The third kappa shape index (κ3) is 1.61. The molecule has 3 aromatic rings. The van der Waals surface area contributed by atoms with Crippen LogP contribution in [0.2, 0.25) is 5.02 Å². The zero-order valence-electron chi connectivity index (χ0n) is 9.23. The van der Waals surface area contributed by atoms with Crippen LogP contribution in [0.25, 0.3) is 21.8 Å². The molecule has 1 N–H and O–H groups in total. The van der Waals surface area contributed by atoms with Crippen LogP contribution in [0.4, 0.5) is 0 Å². The lowest BCUT2D eigenvalue weighted by molar-refractivity contribution is 0.280. The molecule has 0 aliphatic rings. The van der Waals surface area contributed by atoms with Gasteiger partial charge in [0.05, 0.1) is 6.61 Å². The Morgan fingerprint density at radius 1 is 1.00 bits per heavy atom. The van der Waals surface area contributed by atoms with Crippen LogP contribution in [0.5, 0.6) is 0 Å². The first-order chi connectivity index (χ1) is 8.31. The molecule has 1 heterocycles. The summed E-state index contributed by atoms with van der Waals surface area (Å²) in [6.07, 6.45) is 0. The molecule has 86 valence electrons. The summed E-state index contributed by atoms with van der Waals surface area (Å²) in [4.78, 5) is 0. The molecule has 0 radical (unpaired) electrons. The fourth-order valence-corrected chi connectivity index (χ4v) is 2.54. The van der Waals surface area contributed by atoms with Crippen molar-refractivity contribution < 1.29 is 5.11 Å². The molecule has 0 fully saturated rings. The Balaban J connectivity index is 2.48. The van der Waals surface area contributed by atoms with Gasteiger partial charge >= 0.3 is 0 Å². The van der Waals surface area contributed by atoms with Crippen molar-refractivity contribution >= 4 is 33.4 Å². The van der Waals surface area contributed by atoms with Gasteiger partial charge in [-0.1, -0.05) is 29.8 Å². The van der Waals surface area contributed by atoms with Crippen molar-refractivity contribution in [1.82, 2.24) is 4.57 Å². The molecule has 0 spiro atoms. The lowest BCUT2D eigenvalue weighted by Crippen LogP contribution is -2.00. The Hall–Kier alpha value is -1.51. The molecule has 0 saturated carbocycles. The van der Waals surface area contributed by atoms with Gasteiger partial charge in [0.15, 0.2) is 0 Å². The van der Waals surface area contributed by atoms with Crippen LogP contribution in [-0.2, 0) is 6.54 Å². The molecular weight excluding hydrogens is 234 g/mol. The fourth-order valence-electron chi connectivity index (χ4n) is 2.37. The third-order valence-corrected chi connectivity index (χ3v) is 3.29. The minimum atomic E-state index is 0.135. The number of hydrogen-bond acceptors (Lipinski definition) is 1. The van der Waals surface area contributed by atoms with Crippen LogP contribution in [0.1, 0.15) is 0 Å². The number of hydrogen-bond donors (Lipinski definition) is 1. The smallest absolute Gasteiger partial charge is 0.0610 e. The van der Waals surface area contributed by atoms with E-state index in [2.05, 4.69) is 16.7 Å². The van der Waals surface area contributed by atoms with Crippen LogP contribution in [0.3, 0.4) is 0 Å². The molecule has 0 atom stereocenters. The molecule has 0 amide bonds. The number of aliphatic hydroxyl groups excluding tert-OH is 1. The van der Waals surface area contributed by atoms with E-state index in [0.29, 0.717) is 6.54 Å². The second kappa shape index (κ2) is 4.06. The molecule has 0 bridgehead atoms. The number of aliphatic hydroxyl groups is 1. The Morgan fingerprint density at radius 2 is 1.76 bits per heavy atom. The van der Waals surface area contributed by atoms with Gasteiger partial charge in [-0.05, 0) is 24.3 Å². The van der Waals surface area contributed by atoms with Crippen molar-refractivity contribution in [3.8, 4) is 0 Å². The van der Waals surface area contributed by atoms with E-state index >= 15 is 0 Å². The van der Waals surface area contributed by atoms with Crippen molar-refractivity contribution in [3.63, 3.8) is 0 Å². The highest BCUT2D eigenvalue weighted by Crippen LogP contribution is 2.30.